The van der Waals surface area contributed by atoms with Gasteiger partial charge in [-0.2, -0.15) is 0 Å². The van der Waals surface area contributed by atoms with Crippen LogP contribution in [0.3, 0.4) is 0 Å². The molecule has 1 N–H and O–H groups in total. The van der Waals surface area contributed by atoms with Crippen molar-refractivity contribution >= 4 is 28.8 Å². The molecule has 1 atom stereocenters. The van der Waals surface area contributed by atoms with Crippen LogP contribution in [0.1, 0.15) is 18.2 Å². The van der Waals surface area contributed by atoms with Gasteiger partial charge in [0.25, 0.3) is 5.92 Å². The van der Waals surface area contributed by atoms with E-state index in [0.717, 1.165) is 4.88 Å². The van der Waals surface area contributed by atoms with Crippen LogP contribution < -0.4 is 5.32 Å². The number of hydrogen-bond acceptors (Lipinski definition) is 3. The Morgan fingerprint density at radius 1 is 1.63 bits per heavy atom. The molecule has 3 nitrogen and oxygen atoms in total. The van der Waals surface area contributed by atoms with E-state index in [9.17, 15) is 13.6 Å². The van der Waals surface area contributed by atoms with Gasteiger partial charge in [-0.05, 0) is 19.1 Å². The third-order valence-corrected chi connectivity index (χ3v) is 4.29. The number of halogens is 3. The molecule has 7 heteroatoms. The summed E-state index contributed by atoms with van der Waals surface area (Å²) in [6.45, 7) is 2.31. The molecule has 0 spiro atoms. The molecule has 19 heavy (non-hydrogen) atoms. The summed E-state index contributed by atoms with van der Waals surface area (Å²) in [7, 11) is 0. The van der Waals surface area contributed by atoms with Crippen LogP contribution in [0.15, 0.2) is 12.1 Å². The van der Waals surface area contributed by atoms with E-state index >= 15 is 0 Å². The molecule has 1 aliphatic rings. The number of carbonyl (C=O) groups excluding carboxylic acids is 1. The lowest BCUT2D eigenvalue weighted by Gasteiger charge is -2.23. The Morgan fingerprint density at radius 3 is 2.84 bits per heavy atom. The highest BCUT2D eigenvalue weighted by Crippen LogP contribution is 2.27. The second-order valence-electron chi connectivity index (χ2n) is 4.55. The molecule has 1 unspecified atom stereocenters. The number of nitrogens with zero attached hydrogens (tertiary/aromatic N) is 1. The van der Waals surface area contributed by atoms with Crippen LogP contribution in [0.5, 0.6) is 0 Å². The average molecular weight is 309 g/mol. The highest BCUT2D eigenvalue weighted by molar-refractivity contribution is 7.16. The summed E-state index contributed by atoms with van der Waals surface area (Å²) in [6.07, 6.45) is -0.423. The Balaban J connectivity index is 1.99. The first kappa shape index (κ1) is 14.7. The predicted octanol–water partition coefficient (Wildman–Crippen LogP) is 2.75. The number of likely N-dealkylation sites (N-methyl/N-ethyl adjacent to an activating group) is 1. The van der Waals surface area contributed by atoms with Crippen molar-refractivity contribution in [3.63, 3.8) is 0 Å². The van der Waals surface area contributed by atoms with E-state index < -0.39 is 24.9 Å². The molecule has 1 saturated heterocycles. The summed E-state index contributed by atoms with van der Waals surface area (Å²) in [5.74, 6) is -3.06. The van der Waals surface area contributed by atoms with Crippen LogP contribution in [0.2, 0.25) is 4.34 Å². The van der Waals surface area contributed by atoms with E-state index in [1.54, 1.807) is 11.0 Å². The molecule has 0 radical (unpaired) electrons. The number of nitrogens with one attached hydrogen (secondary N) is 1. The summed E-state index contributed by atoms with van der Waals surface area (Å²) in [6, 6.07) is 2.83. The van der Waals surface area contributed by atoms with Crippen LogP contribution in [-0.2, 0) is 11.3 Å². The van der Waals surface area contributed by atoms with Crippen LogP contribution in [0.25, 0.3) is 0 Å². The largest absolute Gasteiger partial charge is 0.336 e. The van der Waals surface area contributed by atoms with Gasteiger partial charge in [-0.25, -0.2) is 8.78 Å². The van der Waals surface area contributed by atoms with E-state index in [2.05, 4.69) is 5.32 Å². The van der Waals surface area contributed by atoms with E-state index in [-0.39, 0.29) is 5.91 Å². The van der Waals surface area contributed by atoms with Gasteiger partial charge in [0, 0.05) is 17.8 Å². The van der Waals surface area contributed by atoms with Crippen molar-refractivity contribution in [2.45, 2.75) is 31.9 Å². The number of alkyl halides is 2. The fraction of sp³-hybridized carbons (Fsp3) is 0.583. The standard InChI is InChI=1S/C12H15ClF2N2OS/c1-2-17(6-8-3-4-10(13)19-8)11(18)9-5-12(14,15)7-16-9/h3-4,9,16H,2,5-7H2,1H3. The normalized spacial score (nSPS) is 21.6. The molecule has 0 bridgehead atoms. The van der Waals surface area contributed by atoms with Gasteiger partial charge in [0.05, 0.1) is 23.5 Å². The van der Waals surface area contributed by atoms with Crippen LogP contribution in [0.4, 0.5) is 8.78 Å². The molecule has 1 aliphatic heterocycles. The summed E-state index contributed by atoms with van der Waals surface area (Å²) >= 11 is 7.23. The Kier molecular flexibility index (Phi) is 4.43. The van der Waals surface area contributed by atoms with E-state index in [1.807, 2.05) is 13.0 Å². The summed E-state index contributed by atoms with van der Waals surface area (Å²) in [5, 5.41) is 2.59. The zero-order valence-electron chi connectivity index (χ0n) is 10.5. The van der Waals surface area contributed by atoms with Gasteiger partial charge in [-0.1, -0.05) is 11.6 Å². The molecule has 1 aromatic heterocycles. The maximum absolute atomic E-state index is 13.1. The molecule has 0 saturated carbocycles. The third-order valence-electron chi connectivity index (χ3n) is 3.08. The van der Waals surface area contributed by atoms with Gasteiger partial charge in [0.1, 0.15) is 0 Å². The summed E-state index contributed by atoms with van der Waals surface area (Å²) in [4.78, 5) is 14.7. The molecule has 0 aliphatic carbocycles. The molecule has 1 fully saturated rings. The first-order chi connectivity index (χ1) is 8.91. The van der Waals surface area contributed by atoms with Crippen LogP contribution in [0, 0.1) is 0 Å². The lowest BCUT2D eigenvalue weighted by Crippen LogP contribution is -2.43. The van der Waals surface area contributed by atoms with Gasteiger partial charge in [0.15, 0.2) is 0 Å². The lowest BCUT2D eigenvalue weighted by atomic mass is 10.1. The Labute approximate surface area is 119 Å². The lowest BCUT2D eigenvalue weighted by molar-refractivity contribution is -0.134. The molecule has 1 aromatic rings. The highest BCUT2D eigenvalue weighted by atomic mass is 35.5. The first-order valence-electron chi connectivity index (χ1n) is 6.05. The fourth-order valence-corrected chi connectivity index (χ4v) is 3.18. The summed E-state index contributed by atoms with van der Waals surface area (Å²) in [5.41, 5.74) is 0. The van der Waals surface area contributed by atoms with E-state index in [4.69, 9.17) is 11.6 Å². The first-order valence-corrected chi connectivity index (χ1v) is 7.25. The number of hydrogen-bond donors (Lipinski definition) is 1. The number of carbonyl (C=O) groups is 1. The van der Waals surface area contributed by atoms with E-state index in [1.165, 1.54) is 11.3 Å². The van der Waals surface area contributed by atoms with Crippen molar-refractivity contribution in [2.24, 2.45) is 0 Å². The number of thiophene rings is 1. The minimum Gasteiger partial charge on any atom is -0.336 e. The van der Waals surface area contributed by atoms with Crippen molar-refractivity contribution in [3.8, 4) is 0 Å². The highest BCUT2D eigenvalue weighted by Gasteiger charge is 2.43. The minimum atomic E-state index is -2.79. The van der Waals surface area contributed by atoms with Gasteiger partial charge >= 0.3 is 0 Å². The molecule has 0 aromatic carbocycles. The Hall–Kier alpha value is -0.720. The Bertz CT molecular complexity index is 466. The predicted molar refractivity (Wildman–Crippen MR) is 71.8 cm³/mol. The van der Waals surface area contributed by atoms with Crippen LogP contribution >= 0.6 is 22.9 Å². The van der Waals surface area contributed by atoms with Crippen molar-refractivity contribution in [3.05, 3.63) is 21.3 Å². The van der Waals surface area contributed by atoms with Gasteiger partial charge in [-0.15, -0.1) is 11.3 Å². The van der Waals surface area contributed by atoms with Gasteiger partial charge in [-0.3, -0.25) is 10.1 Å². The van der Waals surface area contributed by atoms with E-state index in [0.29, 0.717) is 17.4 Å². The Morgan fingerprint density at radius 2 is 2.37 bits per heavy atom. The monoisotopic (exact) mass is 308 g/mol. The third kappa shape index (κ3) is 3.64. The molecule has 1 amide bonds. The van der Waals surface area contributed by atoms with Crippen LogP contribution in [-0.4, -0.2) is 35.9 Å². The summed E-state index contributed by atoms with van der Waals surface area (Å²) < 4.78 is 26.9. The molecule has 106 valence electrons. The number of rotatable bonds is 4. The van der Waals surface area contributed by atoms with Crippen molar-refractivity contribution in [1.29, 1.82) is 0 Å². The fourth-order valence-electron chi connectivity index (χ4n) is 2.08. The molecule has 2 rings (SSSR count). The average Bonchev–Trinajstić information content (AvgIpc) is 2.91. The van der Waals surface area contributed by atoms with Gasteiger partial charge in [0.2, 0.25) is 5.91 Å². The zero-order valence-corrected chi connectivity index (χ0v) is 12.0. The minimum absolute atomic E-state index is 0.274. The zero-order chi connectivity index (χ0) is 14.0. The second-order valence-corrected chi connectivity index (χ2v) is 6.35. The van der Waals surface area contributed by atoms with Crippen molar-refractivity contribution in [1.82, 2.24) is 10.2 Å². The maximum atomic E-state index is 13.1. The number of amides is 1. The molecular weight excluding hydrogens is 294 g/mol. The maximum Gasteiger partial charge on any atom is 0.262 e. The van der Waals surface area contributed by atoms with Crippen molar-refractivity contribution < 1.29 is 13.6 Å². The topological polar surface area (TPSA) is 32.3 Å². The second kappa shape index (κ2) is 5.73. The van der Waals surface area contributed by atoms with Gasteiger partial charge < -0.3 is 4.90 Å². The quantitative estimate of drug-likeness (QED) is 0.927. The SMILES string of the molecule is CCN(Cc1ccc(Cl)s1)C(=O)C1CC(F)(F)CN1. The van der Waals surface area contributed by atoms with Crippen molar-refractivity contribution in [2.75, 3.05) is 13.1 Å². The smallest absolute Gasteiger partial charge is 0.262 e. The molecular formula is C12H15ClF2N2OS. The molecule has 2 heterocycles.